The molecule has 0 unspecified atom stereocenters. The molecule has 7 heteroatoms. The number of nitrogens with two attached hydrogens (primary N) is 1. The molecule has 3 nitrogen and oxygen atoms in total. The molecule has 0 aliphatic carbocycles. The van der Waals surface area contributed by atoms with Gasteiger partial charge in [-0.05, 0) is 25.1 Å². The van der Waals surface area contributed by atoms with Gasteiger partial charge in [0.2, 0.25) is 0 Å². The number of halogens is 4. The van der Waals surface area contributed by atoms with Crippen molar-refractivity contribution in [3.63, 3.8) is 0 Å². The van der Waals surface area contributed by atoms with Crippen LogP contribution in [0.4, 0.5) is 13.2 Å². The first kappa shape index (κ1) is 13.9. The van der Waals surface area contributed by atoms with E-state index < -0.39 is 11.9 Å². The number of hydrogen-bond acceptors (Lipinski definition) is 2. The van der Waals surface area contributed by atoms with Gasteiger partial charge in [-0.2, -0.15) is 18.3 Å². The zero-order valence-electron chi connectivity index (χ0n) is 10.0. The summed E-state index contributed by atoms with van der Waals surface area (Å²) < 4.78 is 39.7. The van der Waals surface area contributed by atoms with Gasteiger partial charge in [-0.15, -0.1) is 0 Å². The molecule has 0 atom stereocenters. The van der Waals surface area contributed by atoms with Gasteiger partial charge in [0.25, 0.3) is 0 Å². The van der Waals surface area contributed by atoms with E-state index in [0.29, 0.717) is 16.4 Å². The molecule has 0 saturated carbocycles. The maximum Gasteiger partial charge on any atom is 0.435 e. The molecule has 0 bridgehead atoms. The van der Waals surface area contributed by atoms with Crippen LogP contribution in [-0.4, -0.2) is 9.78 Å². The molecule has 0 aliphatic rings. The minimum Gasteiger partial charge on any atom is -0.325 e. The van der Waals surface area contributed by atoms with E-state index in [9.17, 15) is 13.2 Å². The average molecular weight is 290 g/mol. The minimum atomic E-state index is -4.50. The Morgan fingerprint density at radius 3 is 2.58 bits per heavy atom. The minimum absolute atomic E-state index is 0.0370. The Labute approximate surface area is 112 Å². The molecule has 1 heterocycles. The highest BCUT2D eigenvalue weighted by Crippen LogP contribution is 2.33. The third kappa shape index (κ3) is 2.59. The van der Waals surface area contributed by atoms with Crippen molar-refractivity contribution in [2.45, 2.75) is 19.6 Å². The molecular formula is C12H11ClF3N3. The summed E-state index contributed by atoms with van der Waals surface area (Å²) in [6.45, 7) is 1.32. The monoisotopic (exact) mass is 289 g/mol. The third-order valence-electron chi connectivity index (χ3n) is 2.76. The van der Waals surface area contributed by atoms with Crippen molar-refractivity contribution < 1.29 is 13.2 Å². The van der Waals surface area contributed by atoms with Crippen LogP contribution in [0.5, 0.6) is 0 Å². The summed E-state index contributed by atoms with van der Waals surface area (Å²) in [7, 11) is 0. The number of hydrogen-bond donors (Lipinski definition) is 1. The van der Waals surface area contributed by atoms with Crippen molar-refractivity contribution in [3.05, 3.63) is 46.2 Å². The van der Waals surface area contributed by atoms with Crippen molar-refractivity contribution in [2.24, 2.45) is 5.73 Å². The Morgan fingerprint density at radius 1 is 1.37 bits per heavy atom. The zero-order chi connectivity index (χ0) is 14.2. The molecule has 102 valence electrons. The van der Waals surface area contributed by atoms with Crippen LogP contribution in [0.25, 0.3) is 5.69 Å². The largest absolute Gasteiger partial charge is 0.435 e. The lowest BCUT2D eigenvalue weighted by molar-refractivity contribution is -0.141. The Balaban J connectivity index is 2.64. The van der Waals surface area contributed by atoms with Crippen molar-refractivity contribution in [3.8, 4) is 5.69 Å². The smallest absolute Gasteiger partial charge is 0.325 e. The predicted molar refractivity (Wildman–Crippen MR) is 66.2 cm³/mol. The zero-order valence-corrected chi connectivity index (χ0v) is 10.8. The standard InChI is InChI=1S/C12H11ClF3N3/c1-7-10(6-17)19(18-11(7)12(14,15)16)9-4-2-3-8(13)5-9/h2-5H,6,17H2,1H3. The van der Waals surface area contributed by atoms with Crippen LogP contribution in [0.2, 0.25) is 5.02 Å². The van der Waals surface area contributed by atoms with Crippen LogP contribution in [0.15, 0.2) is 24.3 Å². The molecule has 1 aromatic carbocycles. The summed E-state index contributed by atoms with van der Waals surface area (Å²) in [6, 6.07) is 6.43. The van der Waals surface area contributed by atoms with Crippen LogP contribution >= 0.6 is 11.6 Å². The fraction of sp³-hybridized carbons (Fsp3) is 0.250. The van der Waals surface area contributed by atoms with Crippen LogP contribution in [0.3, 0.4) is 0 Å². The fourth-order valence-electron chi connectivity index (χ4n) is 1.86. The van der Waals surface area contributed by atoms with Gasteiger partial charge in [0.15, 0.2) is 5.69 Å². The second-order valence-corrected chi connectivity index (χ2v) is 4.45. The Morgan fingerprint density at radius 2 is 2.05 bits per heavy atom. The molecular weight excluding hydrogens is 279 g/mol. The van der Waals surface area contributed by atoms with Gasteiger partial charge < -0.3 is 5.73 Å². The van der Waals surface area contributed by atoms with Gasteiger partial charge >= 0.3 is 6.18 Å². The van der Waals surface area contributed by atoms with Gasteiger partial charge in [0.05, 0.1) is 11.4 Å². The van der Waals surface area contributed by atoms with Crippen molar-refractivity contribution in [1.29, 1.82) is 0 Å². The summed E-state index contributed by atoms with van der Waals surface area (Å²) in [5, 5.41) is 4.03. The fourth-order valence-corrected chi connectivity index (χ4v) is 2.05. The summed E-state index contributed by atoms with van der Waals surface area (Å²) in [5.41, 5.74) is 5.40. The molecule has 2 aromatic rings. The SMILES string of the molecule is Cc1c(C(F)(F)F)nn(-c2cccc(Cl)c2)c1CN. The van der Waals surface area contributed by atoms with Gasteiger partial charge in [-0.3, -0.25) is 0 Å². The number of alkyl halides is 3. The lowest BCUT2D eigenvalue weighted by atomic mass is 10.2. The van der Waals surface area contributed by atoms with Gasteiger partial charge in [-0.25, -0.2) is 4.68 Å². The number of rotatable bonds is 2. The molecule has 0 radical (unpaired) electrons. The van der Waals surface area contributed by atoms with E-state index in [1.807, 2.05) is 0 Å². The molecule has 0 saturated heterocycles. The quantitative estimate of drug-likeness (QED) is 0.922. The van der Waals surface area contributed by atoms with E-state index in [1.165, 1.54) is 17.7 Å². The lowest BCUT2D eigenvalue weighted by Gasteiger charge is -2.06. The molecule has 19 heavy (non-hydrogen) atoms. The van der Waals surface area contributed by atoms with Crippen molar-refractivity contribution >= 4 is 11.6 Å². The van der Waals surface area contributed by atoms with E-state index in [1.54, 1.807) is 18.2 Å². The van der Waals surface area contributed by atoms with Crippen molar-refractivity contribution in [2.75, 3.05) is 0 Å². The Hall–Kier alpha value is -1.53. The maximum absolute atomic E-state index is 12.8. The van der Waals surface area contributed by atoms with Gasteiger partial charge in [0, 0.05) is 17.1 Å². The summed E-state index contributed by atoms with van der Waals surface area (Å²) >= 11 is 5.83. The second kappa shape index (κ2) is 4.86. The summed E-state index contributed by atoms with van der Waals surface area (Å²) in [5.74, 6) is 0. The number of benzene rings is 1. The van der Waals surface area contributed by atoms with E-state index in [-0.39, 0.29) is 12.1 Å². The number of aromatic nitrogens is 2. The molecule has 0 amide bonds. The van der Waals surface area contributed by atoms with Crippen LogP contribution in [0.1, 0.15) is 17.0 Å². The first-order valence-corrected chi connectivity index (χ1v) is 5.84. The lowest BCUT2D eigenvalue weighted by Crippen LogP contribution is -2.08. The van der Waals surface area contributed by atoms with E-state index >= 15 is 0 Å². The van der Waals surface area contributed by atoms with Crippen LogP contribution in [0, 0.1) is 6.92 Å². The van der Waals surface area contributed by atoms with Gasteiger partial charge in [0.1, 0.15) is 0 Å². The predicted octanol–water partition coefficient (Wildman–Crippen LogP) is 3.31. The Kier molecular flexibility index (Phi) is 3.56. The average Bonchev–Trinajstić information content (AvgIpc) is 2.66. The normalized spacial score (nSPS) is 11.9. The molecule has 2 rings (SSSR count). The highest BCUT2D eigenvalue weighted by atomic mass is 35.5. The van der Waals surface area contributed by atoms with Crippen molar-refractivity contribution in [1.82, 2.24) is 9.78 Å². The second-order valence-electron chi connectivity index (χ2n) is 4.01. The highest BCUT2D eigenvalue weighted by Gasteiger charge is 2.37. The Bertz CT molecular complexity index is 605. The van der Waals surface area contributed by atoms with Gasteiger partial charge in [-0.1, -0.05) is 17.7 Å². The third-order valence-corrected chi connectivity index (χ3v) is 2.99. The molecule has 2 N–H and O–H groups in total. The first-order valence-electron chi connectivity index (χ1n) is 5.46. The van der Waals surface area contributed by atoms with E-state index in [2.05, 4.69) is 5.10 Å². The molecule has 0 fully saturated rings. The molecule has 0 aliphatic heterocycles. The number of nitrogens with zero attached hydrogens (tertiary/aromatic N) is 2. The van der Waals surface area contributed by atoms with E-state index in [0.717, 1.165) is 0 Å². The van der Waals surface area contributed by atoms with Crippen LogP contribution < -0.4 is 5.73 Å². The highest BCUT2D eigenvalue weighted by molar-refractivity contribution is 6.30. The maximum atomic E-state index is 12.8. The topological polar surface area (TPSA) is 43.8 Å². The van der Waals surface area contributed by atoms with E-state index in [4.69, 9.17) is 17.3 Å². The van der Waals surface area contributed by atoms with Crippen LogP contribution in [-0.2, 0) is 12.7 Å². The molecule has 0 spiro atoms. The summed E-state index contributed by atoms with van der Waals surface area (Å²) in [4.78, 5) is 0. The molecule has 1 aromatic heterocycles. The summed E-state index contributed by atoms with van der Waals surface area (Å²) in [6.07, 6.45) is -4.50. The first-order chi connectivity index (χ1) is 8.84.